The fourth-order valence-electron chi connectivity index (χ4n) is 2.23. The third-order valence-corrected chi connectivity index (χ3v) is 3.24. The van der Waals surface area contributed by atoms with Crippen LogP contribution in [0.15, 0.2) is 18.2 Å². The summed E-state index contributed by atoms with van der Waals surface area (Å²) in [6.07, 6.45) is 2.27. The monoisotopic (exact) mass is 298 g/mol. The van der Waals surface area contributed by atoms with Crippen LogP contribution >= 0.6 is 12.4 Å². The Morgan fingerprint density at radius 1 is 1.50 bits per heavy atom. The molecule has 2 N–H and O–H groups in total. The van der Waals surface area contributed by atoms with Crippen molar-refractivity contribution >= 4 is 29.1 Å². The van der Waals surface area contributed by atoms with E-state index in [1.807, 2.05) is 0 Å². The summed E-state index contributed by atoms with van der Waals surface area (Å²) in [6.45, 7) is 1.59. The molecular formula is C12H15ClN4O3. The molecule has 2 aromatic rings. The van der Waals surface area contributed by atoms with Gasteiger partial charge >= 0.3 is 0 Å². The zero-order valence-corrected chi connectivity index (χ0v) is 11.5. The van der Waals surface area contributed by atoms with Gasteiger partial charge in [0.25, 0.3) is 11.7 Å². The summed E-state index contributed by atoms with van der Waals surface area (Å²) in [6, 6.07) is 5.28. The maximum Gasteiger partial charge on any atom is 0.294 e. The number of hydrogen-bond acceptors (Lipinski definition) is 5. The quantitative estimate of drug-likeness (QED) is 0.665. The van der Waals surface area contributed by atoms with E-state index in [9.17, 15) is 10.1 Å². The molecule has 1 aromatic carbocycles. The van der Waals surface area contributed by atoms with Gasteiger partial charge in [0, 0.05) is 18.2 Å². The highest BCUT2D eigenvalue weighted by Gasteiger charge is 2.16. The molecule has 1 aliphatic rings. The van der Waals surface area contributed by atoms with Crippen LogP contribution in [0.1, 0.15) is 12.8 Å². The van der Waals surface area contributed by atoms with Gasteiger partial charge in [-0.3, -0.25) is 10.1 Å². The van der Waals surface area contributed by atoms with E-state index in [0.29, 0.717) is 29.7 Å². The maximum atomic E-state index is 10.7. The van der Waals surface area contributed by atoms with E-state index in [2.05, 4.69) is 15.3 Å². The number of hydrogen-bond donors (Lipinski definition) is 2. The number of ether oxygens (including phenoxy) is 1. The number of non-ortho nitro benzene ring substituents is 1. The van der Waals surface area contributed by atoms with Gasteiger partial charge in [0.1, 0.15) is 6.61 Å². The van der Waals surface area contributed by atoms with Crippen molar-refractivity contribution in [1.29, 1.82) is 0 Å². The molecule has 0 spiro atoms. The van der Waals surface area contributed by atoms with Gasteiger partial charge in [0.2, 0.25) is 0 Å². The van der Waals surface area contributed by atoms with Gasteiger partial charge in [-0.25, -0.2) is 0 Å². The molecule has 0 bridgehead atoms. The van der Waals surface area contributed by atoms with Gasteiger partial charge in [-0.05, 0) is 25.5 Å². The molecule has 3 rings (SSSR count). The van der Waals surface area contributed by atoms with Gasteiger partial charge < -0.3 is 15.0 Å². The summed E-state index contributed by atoms with van der Waals surface area (Å²) in [5.74, 6) is 0. The topological polar surface area (TPSA) is 93.1 Å². The third-order valence-electron chi connectivity index (χ3n) is 3.24. The number of rotatable bonds is 4. The summed E-state index contributed by atoms with van der Waals surface area (Å²) >= 11 is 0. The Hall–Kier alpha value is -1.86. The van der Waals surface area contributed by atoms with Gasteiger partial charge in [-0.2, -0.15) is 4.98 Å². The number of nitro benzene ring substituents is 1. The minimum Gasteiger partial charge on any atom is -0.463 e. The minimum absolute atomic E-state index is 0. The Bertz CT molecular complexity index is 610. The molecule has 8 heteroatoms. The fraction of sp³-hybridized carbons (Fsp3) is 0.417. The van der Waals surface area contributed by atoms with Crippen LogP contribution in [0.4, 0.5) is 5.69 Å². The molecule has 1 fully saturated rings. The van der Waals surface area contributed by atoms with E-state index in [1.54, 1.807) is 6.07 Å². The Morgan fingerprint density at radius 3 is 3.05 bits per heavy atom. The van der Waals surface area contributed by atoms with Gasteiger partial charge in [-0.15, -0.1) is 12.4 Å². The lowest BCUT2D eigenvalue weighted by Crippen LogP contribution is -2.28. The van der Waals surface area contributed by atoms with E-state index in [4.69, 9.17) is 4.74 Å². The Balaban J connectivity index is 0.00000147. The summed E-state index contributed by atoms with van der Waals surface area (Å²) in [4.78, 5) is 17.5. The number of nitro groups is 1. The van der Waals surface area contributed by atoms with Crippen LogP contribution in [0.2, 0.25) is 0 Å². The fourth-order valence-corrected chi connectivity index (χ4v) is 2.23. The van der Waals surface area contributed by atoms with Crippen LogP contribution in [-0.4, -0.2) is 34.1 Å². The smallest absolute Gasteiger partial charge is 0.294 e. The van der Waals surface area contributed by atoms with Crippen LogP contribution in [-0.2, 0) is 0 Å². The molecule has 2 heterocycles. The van der Waals surface area contributed by atoms with Crippen molar-refractivity contribution in [1.82, 2.24) is 15.3 Å². The number of aromatic amines is 1. The van der Waals surface area contributed by atoms with Crippen LogP contribution in [0.5, 0.6) is 6.01 Å². The first-order valence-electron chi connectivity index (χ1n) is 6.23. The molecular weight excluding hydrogens is 284 g/mol. The normalized spacial score (nSPS) is 17.9. The predicted molar refractivity (Wildman–Crippen MR) is 76.5 cm³/mol. The van der Waals surface area contributed by atoms with Crippen molar-refractivity contribution < 1.29 is 9.66 Å². The second-order valence-corrected chi connectivity index (χ2v) is 4.60. The molecule has 0 aliphatic carbocycles. The van der Waals surface area contributed by atoms with E-state index < -0.39 is 4.92 Å². The number of nitrogens with one attached hydrogen (secondary N) is 2. The summed E-state index contributed by atoms with van der Waals surface area (Å²) < 4.78 is 5.58. The standard InChI is InChI=1S/C12H14N4O3.ClH/c17-16(18)9-3-4-10-11(6-9)15-12(14-10)19-7-8-2-1-5-13-8;/h3-4,6,8,13H,1-2,5,7H2,(H,14,15);1H. The molecule has 0 radical (unpaired) electrons. The van der Waals surface area contributed by atoms with Crippen molar-refractivity contribution in [3.05, 3.63) is 28.3 Å². The molecule has 0 saturated carbocycles. The minimum atomic E-state index is -0.427. The SMILES string of the molecule is Cl.O=[N+]([O-])c1ccc2nc(OCC3CCCN3)[nH]c2c1. The highest BCUT2D eigenvalue weighted by molar-refractivity contribution is 5.85. The Morgan fingerprint density at radius 2 is 2.35 bits per heavy atom. The number of fused-ring (bicyclic) bond motifs is 1. The number of benzene rings is 1. The molecule has 1 aromatic heterocycles. The number of aromatic nitrogens is 2. The molecule has 1 aliphatic heterocycles. The Kier molecular flexibility index (Phi) is 4.41. The second kappa shape index (κ2) is 6.06. The van der Waals surface area contributed by atoms with Crippen molar-refractivity contribution in [2.24, 2.45) is 0 Å². The molecule has 20 heavy (non-hydrogen) atoms. The van der Waals surface area contributed by atoms with Crippen LogP contribution in [0, 0.1) is 10.1 Å². The third kappa shape index (κ3) is 3.00. The largest absolute Gasteiger partial charge is 0.463 e. The van der Waals surface area contributed by atoms with Crippen molar-refractivity contribution in [2.45, 2.75) is 18.9 Å². The number of nitrogens with zero attached hydrogens (tertiary/aromatic N) is 2. The van der Waals surface area contributed by atoms with Crippen molar-refractivity contribution in [3.63, 3.8) is 0 Å². The molecule has 1 unspecified atom stereocenters. The summed E-state index contributed by atoms with van der Waals surface area (Å²) in [5.41, 5.74) is 1.32. The first-order chi connectivity index (χ1) is 9.22. The first-order valence-corrected chi connectivity index (χ1v) is 6.23. The molecule has 1 saturated heterocycles. The van der Waals surface area contributed by atoms with E-state index in [1.165, 1.54) is 18.6 Å². The molecule has 0 amide bonds. The lowest BCUT2D eigenvalue weighted by molar-refractivity contribution is -0.384. The van der Waals surface area contributed by atoms with Gasteiger partial charge in [0.05, 0.1) is 16.0 Å². The van der Waals surface area contributed by atoms with Crippen LogP contribution < -0.4 is 10.1 Å². The first kappa shape index (κ1) is 14.5. The van der Waals surface area contributed by atoms with Crippen molar-refractivity contribution in [3.8, 4) is 6.01 Å². The average molecular weight is 299 g/mol. The Labute approximate surface area is 121 Å². The van der Waals surface area contributed by atoms with Gasteiger partial charge in [-0.1, -0.05) is 0 Å². The highest BCUT2D eigenvalue weighted by atomic mass is 35.5. The number of H-pyrrole nitrogens is 1. The molecule has 7 nitrogen and oxygen atoms in total. The second-order valence-electron chi connectivity index (χ2n) is 4.60. The van der Waals surface area contributed by atoms with Gasteiger partial charge in [0.15, 0.2) is 0 Å². The van der Waals surface area contributed by atoms with Crippen LogP contribution in [0.25, 0.3) is 11.0 Å². The number of halogens is 1. The van der Waals surface area contributed by atoms with E-state index >= 15 is 0 Å². The maximum absolute atomic E-state index is 10.7. The lowest BCUT2D eigenvalue weighted by Gasteiger charge is -2.09. The molecule has 108 valence electrons. The number of imidazole rings is 1. The molecule has 1 atom stereocenters. The average Bonchev–Trinajstić information content (AvgIpc) is 3.04. The summed E-state index contributed by atoms with van der Waals surface area (Å²) in [7, 11) is 0. The van der Waals surface area contributed by atoms with Crippen LogP contribution in [0.3, 0.4) is 0 Å². The zero-order chi connectivity index (χ0) is 13.2. The van der Waals surface area contributed by atoms with Crippen molar-refractivity contribution in [2.75, 3.05) is 13.2 Å². The summed E-state index contributed by atoms with van der Waals surface area (Å²) in [5, 5.41) is 14.0. The predicted octanol–water partition coefficient (Wildman–Crippen LogP) is 2.02. The van der Waals surface area contributed by atoms with E-state index in [0.717, 1.165) is 13.0 Å². The zero-order valence-electron chi connectivity index (χ0n) is 10.7. The lowest BCUT2D eigenvalue weighted by atomic mass is 10.2. The van der Waals surface area contributed by atoms with E-state index in [-0.39, 0.29) is 18.1 Å². The highest BCUT2D eigenvalue weighted by Crippen LogP contribution is 2.21.